The molecule has 1 N–H and O–H groups in total. The van der Waals surface area contributed by atoms with Crippen LogP contribution in [0.5, 0.6) is 11.5 Å². The van der Waals surface area contributed by atoms with Gasteiger partial charge in [0.1, 0.15) is 18.1 Å². The molecule has 32 heavy (non-hydrogen) atoms. The van der Waals surface area contributed by atoms with Crippen molar-refractivity contribution in [3.05, 3.63) is 65.4 Å². The van der Waals surface area contributed by atoms with Crippen molar-refractivity contribution in [2.45, 2.75) is 19.9 Å². The normalized spacial score (nSPS) is 15.9. The lowest BCUT2D eigenvalue weighted by Gasteiger charge is -2.37. The van der Waals surface area contributed by atoms with Crippen LogP contribution in [-0.2, 0) is 14.3 Å². The second-order valence-corrected chi connectivity index (χ2v) is 7.43. The van der Waals surface area contributed by atoms with Crippen molar-refractivity contribution in [3.63, 3.8) is 0 Å². The molecule has 0 radical (unpaired) electrons. The maximum atomic E-state index is 13.1. The Morgan fingerprint density at radius 2 is 1.69 bits per heavy atom. The Kier molecular flexibility index (Phi) is 8.08. The molecule has 1 heterocycles. The first kappa shape index (κ1) is 23.6. The van der Waals surface area contributed by atoms with E-state index in [0.29, 0.717) is 29.6 Å². The first-order valence-electron chi connectivity index (χ1n) is 10.3. The molecule has 0 aliphatic carbocycles. The second-order valence-electron chi connectivity index (χ2n) is 7.05. The molecule has 2 aromatic rings. The van der Waals surface area contributed by atoms with Gasteiger partial charge in [0.25, 0.3) is 0 Å². The number of allylic oxidation sites excluding steroid dienone is 1. The van der Waals surface area contributed by atoms with Crippen LogP contribution in [0.3, 0.4) is 0 Å². The quantitative estimate of drug-likeness (QED) is 0.345. The minimum absolute atomic E-state index is 0.162. The summed E-state index contributed by atoms with van der Waals surface area (Å²) in [5, 5.41) is 3.79. The highest BCUT2D eigenvalue weighted by atomic mass is 32.1. The smallest absolute Gasteiger partial charge is 0.338 e. The molecule has 170 valence electrons. The highest BCUT2D eigenvalue weighted by Crippen LogP contribution is 2.35. The monoisotopic (exact) mass is 456 g/mol. The molecule has 0 bridgehead atoms. The number of hydrogen-bond donors (Lipinski definition) is 1. The number of anilines is 1. The van der Waals surface area contributed by atoms with Gasteiger partial charge in [-0.25, -0.2) is 4.79 Å². The fourth-order valence-electron chi connectivity index (χ4n) is 3.52. The first-order chi connectivity index (χ1) is 15.5. The number of rotatable bonds is 9. The number of thiocarbonyl (C=S) groups is 1. The van der Waals surface area contributed by atoms with Gasteiger partial charge in [-0.2, -0.15) is 0 Å². The number of nitrogens with one attached hydrogen (secondary N) is 1. The van der Waals surface area contributed by atoms with Gasteiger partial charge < -0.3 is 24.3 Å². The molecular weight excluding hydrogens is 428 g/mol. The number of benzene rings is 2. The van der Waals surface area contributed by atoms with Gasteiger partial charge in [-0.1, -0.05) is 12.1 Å². The van der Waals surface area contributed by atoms with Crippen molar-refractivity contribution in [3.8, 4) is 11.5 Å². The van der Waals surface area contributed by atoms with Gasteiger partial charge in [0.15, 0.2) is 5.11 Å². The summed E-state index contributed by atoms with van der Waals surface area (Å²) in [4.78, 5) is 15.0. The number of esters is 1. The Morgan fingerprint density at radius 1 is 1.03 bits per heavy atom. The largest absolute Gasteiger partial charge is 0.497 e. The lowest BCUT2D eigenvalue weighted by molar-refractivity contribution is -0.140. The zero-order valence-electron chi connectivity index (χ0n) is 18.7. The third kappa shape index (κ3) is 5.20. The van der Waals surface area contributed by atoms with Crippen LogP contribution in [-0.4, -0.2) is 45.1 Å². The number of carbonyl (C=O) groups is 1. The minimum atomic E-state index is -0.456. The van der Waals surface area contributed by atoms with Crippen LogP contribution in [0.15, 0.2) is 59.8 Å². The van der Waals surface area contributed by atoms with Gasteiger partial charge >= 0.3 is 5.97 Å². The van der Waals surface area contributed by atoms with E-state index in [9.17, 15) is 4.79 Å². The van der Waals surface area contributed by atoms with E-state index in [0.717, 1.165) is 22.7 Å². The summed E-state index contributed by atoms with van der Waals surface area (Å²) in [6.07, 6.45) is 0. The molecule has 8 heteroatoms. The van der Waals surface area contributed by atoms with Gasteiger partial charge in [0.05, 0.1) is 31.9 Å². The van der Waals surface area contributed by atoms with E-state index >= 15 is 0 Å². The summed E-state index contributed by atoms with van der Waals surface area (Å²) in [5.41, 5.74) is 2.87. The van der Waals surface area contributed by atoms with Crippen molar-refractivity contribution in [1.29, 1.82) is 0 Å². The van der Waals surface area contributed by atoms with Crippen LogP contribution in [0.2, 0.25) is 0 Å². The summed E-state index contributed by atoms with van der Waals surface area (Å²) >= 11 is 5.69. The summed E-state index contributed by atoms with van der Waals surface area (Å²) < 4.78 is 21.3. The summed E-state index contributed by atoms with van der Waals surface area (Å²) in [5.74, 6) is 1.07. The molecule has 1 atom stereocenters. The Hall–Kier alpha value is -3.10. The van der Waals surface area contributed by atoms with E-state index in [1.165, 1.54) is 0 Å². The third-order valence-electron chi connectivity index (χ3n) is 5.08. The lowest BCUT2D eigenvalue weighted by Crippen LogP contribution is -2.48. The van der Waals surface area contributed by atoms with Crippen LogP contribution >= 0.6 is 12.2 Å². The Balaban J connectivity index is 2.01. The van der Waals surface area contributed by atoms with Crippen molar-refractivity contribution < 1.29 is 23.7 Å². The maximum absolute atomic E-state index is 13.1. The topological polar surface area (TPSA) is 69.3 Å². The predicted molar refractivity (Wildman–Crippen MR) is 127 cm³/mol. The molecule has 0 saturated carbocycles. The molecule has 1 aliphatic rings. The molecule has 3 rings (SSSR count). The fourth-order valence-corrected chi connectivity index (χ4v) is 3.88. The van der Waals surface area contributed by atoms with E-state index in [1.807, 2.05) is 67.3 Å². The highest BCUT2D eigenvalue weighted by molar-refractivity contribution is 7.80. The van der Waals surface area contributed by atoms with E-state index in [1.54, 1.807) is 14.2 Å². The molecule has 0 spiro atoms. The predicted octanol–water partition coefficient (Wildman–Crippen LogP) is 3.99. The average molecular weight is 457 g/mol. The zero-order chi connectivity index (χ0) is 23.1. The maximum Gasteiger partial charge on any atom is 0.338 e. The second kappa shape index (κ2) is 11.0. The Labute approximate surface area is 193 Å². The van der Waals surface area contributed by atoms with Crippen LogP contribution in [0.4, 0.5) is 5.69 Å². The van der Waals surface area contributed by atoms with Gasteiger partial charge in [-0.15, -0.1) is 0 Å². The fraction of sp³-hybridized carbons (Fsp3) is 0.333. The Morgan fingerprint density at radius 3 is 2.28 bits per heavy atom. The average Bonchev–Trinajstić information content (AvgIpc) is 2.80. The molecule has 7 nitrogen and oxygen atoms in total. The van der Waals surface area contributed by atoms with Crippen molar-refractivity contribution >= 4 is 29.0 Å². The first-order valence-corrected chi connectivity index (χ1v) is 10.7. The van der Waals surface area contributed by atoms with Gasteiger partial charge in [-0.3, -0.25) is 4.90 Å². The number of methoxy groups -OCH3 is 2. The molecule has 1 aliphatic heterocycles. The van der Waals surface area contributed by atoms with Gasteiger partial charge in [0, 0.05) is 18.5 Å². The van der Waals surface area contributed by atoms with Crippen LogP contribution in [0.25, 0.3) is 0 Å². The Bertz CT molecular complexity index is 973. The number of nitrogens with zero attached hydrogens (tertiary/aromatic N) is 1. The number of ether oxygens (including phenoxy) is 4. The minimum Gasteiger partial charge on any atom is -0.497 e. The van der Waals surface area contributed by atoms with E-state index < -0.39 is 12.0 Å². The molecule has 2 aromatic carbocycles. The van der Waals surface area contributed by atoms with Crippen LogP contribution in [0.1, 0.15) is 25.5 Å². The van der Waals surface area contributed by atoms with E-state index in [4.69, 9.17) is 31.2 Å². The van der Waals surface area contributed by atoms with Crippen molar-refractivity contribution in [2.24, 2.45) is 0 Å². The van der Waals surface area contributed by atoms with Crippen molar-refractivity contribution in [2.75, 3.05) is 38.9 Å². The van der Waals surface area contributed by atoms with Gasteiger partial charge in [0.2, 0.25) is 0 Å². The summed E-state index contributed by atoms with van der Waals surface area (Å²) in [7, 11) is 3.18. The van der Waals surface area contributed by atoms with E-state index in [-0.39, 0.29) is 6.61 Å². The van der Waals surface area contributed by atoms with Gasteiger partial charge in [-0.05, 0) is 68.0 Å². The summed E-state index contributed by atoms with van der Waals surface area (Å²) in [6.45, 7) is 4.86. The molecular formula is C24H28N2O5S. The molecule has 1 unspecified atom stereocenters. The number of hydrogen-bond acceptors (Lipinski definition) is 6. The van der Waals surface area contributed by atoms with Crippen molar-refractivity contribution in [1.82, 2.24) is 5.32 Å². The van der Waals surface area contributed by atoms with E-state index in [2.05, 4.69) is 5.32 Å². The summed E-state index contributed by atoms with van der Waals surface area (Å²) in [6, 6.07) is 14.6. The molecule has 0 amide bonds. The molecule has 0 aromatic heterocycles. The van der Waals surface area contributed by atoms with Crippen LogP contribution < -0.4 is 19.7 Å². The zero-order valence-corrected chi connectivity index (χ0v) is 19.5. The highest BCUT2D eigenvalue weighted by Gasteiger charge is 2.35. The third-order valence-corrected chi connectivity index (χ3v) is 5.38. The molecule has 0 fully saturated rings. The van der Waals surface area contributed by atoms with Crippen LogP contribution in [0, 0.1) is 0 Å². The molecule has 0 saturated heterocycles. The SMILES string of the molecule is CCOc1ccc(C2NC(=S)N(c3ccc(OC)cc3)C(C)=C2C(=O)OCCOC)cc1. The standard InChI is InChI=1S/C24H28N2O5S/c1-5-30-20-10-6-17(7-11-20)22-21(23(27)31-15-14-28-3)16(2)26(24(32)25-22)18-8-12-19(29-4)13-9-18/h6-13,22H,5,14-15H2,1-4H3,(H,25,32). The number of carbonyl (C=O) groups excluding carboxylic acids is 1. The lowest BCUT2D eigenvalue weighted by atomic mass is 9.94.